The highest BCUT2D eigenvalue weighted by Crippen LogP contribution is 2.22. The molecule has 0 aromatic heterocycles. The van der Waals surface area contributed by atoms with E-state index in [9.17, 15) is 4.79 Å². The fourth-order valence-corrected chi connectivity index (χ4v) is 2.72. The molecule has 2 unspecified atom stereocenters. The summed E-state index contributed by atoms with van der Waals surface area (Å²) in [4.78, 5) is 12.2. The van der Waals surface area contributed by atoms with Crippen molar-refractivity contribution in [2.24, 2.45) is 5.73 Å². The van der Waals surface area contributed by atoms with Gasteiger partial charge < -0.3 is 11.1 Å². The van der Waals surface area contributed by atoms with Crippen LogP contribution in [0.15, 0.2) is 42.5 Å². The minimum absolute atomic E-state index is 0.0244. The number of nitriles is 1. The molecule has 0 fully saturated rings. The highest BCUT2D eigenvalue weighted by atomic mass is 35.5. The maximum atomic E-state index is 12.2. The lowest BCUT2D eigenvalue weighted by Gasteiger charge is -2.18. The van der Waals surface area contributed by atoms with E-state index < -0.39 is 0 Å². The number of alkyl halides is 1. The summed E-state index contributed by atoms with van der Waals surface area (Å²) in [6.07, 6.45) is 0.289. The molecule has 0 bridgehead atoms. The Morgan fingerprint density at radius 3 is 2.65 bits per heavy atom. The third-order valence-electron chi connectivity index (χ3n) is 3.80. The van der Waals surface area contributed by atoms with Crippen molar-refractivity contribution in [1.29, 1.82) is 5.26 Å². The van der Waals surface area contributed by atoms with Crippen LogP contribution in [0.3, 0.4) is 0 Å². The smallest absolute Gasteiger partial charge is 0.156 e. The fraction of sp³-hybridized carbons (Fsp3) is 0.333. The molecule has 2 aromatic carbocycles. The first-order valence-electron chi connectivity index (χ1n) is 7.56. The van der Waals surface area contributed by atoms with Gasteiger partial charge in [0, 0.05) is 19.1 Å². The summed E-state index contributed by atoms with van der Waals surface area (Å²) in [5.74, 6) is -0.363. The molecule has 0 heterocycles. The fourth-order valence-electron chi connectivity index (χ4n) is 2.54. The van der Waals surface area contributed by atoms with E-state index >= 15 is 0 Å². The minimum atomic E-state index is -0.314. The lowest BCUT2D eigenvalue weighted by Crippen LogP contribution is -2.37. The summed E-state index contributed by atoms with van der Waals surface area (Å²) in [7, 11) is 0. The molecule has 2 atom stereocenters. The Morgan fingerprint density at radius 1 is 1.22 bits per heavy atom. The van der Waals surface area contributed by atoms with Crippen LogP contribution in [0.1, 0.15) is 17.9 Å². The molecule has 0 radical (unpaired) electrons. The first-order chi connectivity index (χ1) is 11.2. The molecule has 23 heavy (non-hydrogen) atoms. The van der Waals surface area contributed by atoms with E-state index in [0.717, 1.165) is 16.3 Å². The van der Waals surface area contributed by atoms with Crippen LogP contribution in [0, 0.1) is 11.3 Å². The number of nitrogens with zero attached hydrogens (tertiary/aromatic N) is 1. The number of hydrogen-bond donors (Lipinski definition) is 2. The van der Waals surface area contributed by atoms with E-state index in [4.69, 9.17) is 22.6 Å². The largest absolute Gasteiger partial charge is 0.326 e. The van der Waals surface area contributed by atoms with Crippen molar-refractivity contribution < 1.29 is 4.79 Å². The summed E-state index contributed by atoms with van der Waals surface area (Å²) in [6, 6.07) is 15.8. The van der Waals surface area contributed by atoms with Gasteiger partial charge in [-0.1, -0.05) is 42.5 Å². The van der Waals surface area contributed by atoms with Gasteiger partial charge in [0.25, 0.3) is 0 Å². The van der Waals surface area contributed by atoms with Crippen molar-refractivity contribution in [1.82, 2.24) is 5.32 Å². The van der Waals surface area contributed by atoms with E-state index in [0.29, 0.717) is 13.1 Å². The Balaban J connectivity index is 2.13. The second-order valence-corrected chi connectivity index (χ2v) is 5.81. The van der Waals surface area contributed by atoms with Crippen molar-refractivity contribution >= 4 is 28.2 Å². The molecule has 5 heteroatoms. The van der Waals surface area contributed by atoms with E-state index in [1.165, 1.54) is 0 Å². The SMILES string of the molecule is N#CCC(N)CNCC(C(=O)CCl)c1ccc2ccccc2c1. The summed E-state index contributed by atoms with van der Waals surface area (Å²) >= 11 is 5.76. The molecule has 0 amide bonds. The van der Waals surface area contributed by atoms with E-state index in [2.05, 4.69) is 5.32 Å². The maximum Gasteiger partial charge on any atom is 0.156 e. The Hall–Kier alpha value is -1.93. The molecular formula is C18H20ClN3O. The predicted molar refractivity (Wildman–Crippen MR) is 93.5 cm³/mol. The number of nitrogens with one attached hydrogen (secondary N) is 1. The van der Waals surface area contributed by atoms with Gasteiger partial charge in [-0.15, -0.1) is 11.6 Å². The van der Waals surface area contributed by atoms with Crippen LogP contribution in [-0.4, -0.2) is 30.8 Å². The minimum Gasteiger partial charge on any atom is -0.326 e. The number of nitrogens with two attached hydrogens (primary N) is 1. The van der Waals surface area contributed by atoms with Gasteiger partial charge in [-0.3, -0.25) is 4.79 Å². The molecule has 0 aliphatic rings. The topological polar surface area (TPSA) is 78.9 Å². The number of Topliss-reactive ketones (excluding diaryl/α,β-unsaturated/α-hetero) is 1. The molecule has 4 nitrogen and oxygen atoms in total. The highest BCUT2D eigenvalue weighted by molar-refractivity contribution is 6.28. The second-order valence-electron chi connectivity index (χ2n) is 5.54. The Kier molecular flexibility index (Phi) is 6.54. The van der Waals surface area contributed by atoms with Crippen LogP contribution in [0.5, 0.6) is 0 Å². The van der Waals surface area contributed by atoms with Gasteiger partial charge in [0.1, 0.15) is 0 Å². The standard InChI is InChI=1S/C18H20ClN3O/c19-10-18(23)17(12-22-11-16(21)7-8-20)15-6-5-13-3-1-2-4-14(13)9-15/h1-6,9,16-17,22H,7,10-12,21H2. The number of carbonyl (C=O) groups is 1. The zero-order chi connectivity index (χ0) is 16.7. The van der Waals surface area contributed by atoms with Gasteiger partial charge in [0.15, 0.2) is 5.78 Å². The Bertz CT molecular complexity index is 711. The summed E-state index contributed by atoms with van der Waals surface area (Å²) in [5.41, 5.74) is 6.74. The number of benzene rings is 2. The van der Waals surface area contributed by atoms with Crippen molar-refractivity contribution in [2.75, 3.05) is 19.0 Å². The number of carbonyl (C=O) groups excluding carboxylic acids is 1. The monoisotopic (exact) mass is 329 g/mol. The van der Waals surface area contributed by atoms with Gasteiger partial charge >= 0.3 is 0 Å². The van der Waals surface area contributed by atoms with E-state index in [-0.39, 0.29) is 30.0 Å². The lowest BCUT2D eigenvalue weighted by atomic mass is 9.93. The number of ketones is 1. The highest BCUT2D eigenvalue weighted by Gasteiger charge is 2.20. The maximum absolute atomic E-state index is 12.2. The molecule has 0 aliphatic heterocycles. The van der Waals surface area contributed by atoms with Crippen molar-refractivity contribution in [3.05, 3.63) is 48.0 Å². The number of rotatable bonds is 8. The van der Waals surface area contributed by atoms with Crippen LogP contribution < -0.4 is 11.1 Å². The number of halogens is 1. The van der Waals surface area contributed by atoms with Crippen LogP contribution in [0.25, 0.3) is 10.8 Å². The van der Waals surface area contributed by atoms with Crippen molar-refractivity contribution in [3.63, 3.8) is 0 Å². The van der Waals surface area contributed by atoms with Gasteiger partial charge in [0.05, 0.1) is 24.3 Å². The zero-order valence-electron chi connectivity index (χ0n) is 12.8. The normalized spacial score (nSPS) is 13.4. The van der Waals surface area contributed by atoms with E-state index in [1.54, 1.807) is 0 Å². The van der Waals surface area contributed by atoms with Gasteiger partial charge in [-0.25, -0.2) is 0 Å². The lowest BCUT2D eigenvalue weighted by molar-refractivity contribution is -0.118. The quantitative estimate of drug-likeness (QED) is 0.729. The average molecular weight is 330 g/mol. The molecule has 120 valence electrons. The van der Waals surface area contributed by atoms with Crippen LogP contribution in [-0.2, 0) is 4.79 Å². The number of fused-ring (bicyclic) bond motifs is 1. The summed E-state index contributed by atoms with van der Waals surface area (Å²) < 4.78 is 0. The second kappa shape index (κ2) is 8.64. The third-order valence-corrected chi connectivity index (χ3v) is 4.07. The van der Waals surface area contributed by atoms with Crippen LogP contribution in [0.2, 0.25) is 0 Å². The Labute approximate surface area is 141 Å². The average Bonchev–Trinajstić information content (AvgIpc) is 2.58. The summed E-state index contributed by atoms with van der Waals surface area (Å²) in [6.45, 7) is 0.955. The van der Waals surface area contributed by atoms with Crippen LogP contribution >= 0.6 is 11.6 Å². The van der Waals surface area contributed by atoms with Crippen molar-refractivity contribution in [2.45, 2.75) is 18.4 Å². The molecule has 0 saturated carbocycles. The third kappa shape index (κ3) is 4.77. The van der Waals surface area contributed by atoms with Crippen molar-refractivity contribution in [3.8, 4) is 6.07 Å². The first-order valence-corrected chi connectivity index (χ1v) is 8.09. The van der Waals surface area contributed by atoms with Gasteiger partial charge in [-0.2, -0.15) is 5.26 Å². The van der Waals surface area contributed by atoms with E-state index in [1.807, 2.05) is 48.5 Å². The molecule has 0 saturated heterocycles. The molecule has 0 aliphatic carbocycles. The molecular weight excluding hydrogens is 310 g/mol. The Morgan fingerprint density at radius 2 is 1.96 bits per heavy atom. The van der Waals surface area contributed by atoms with Gasteiger partial charge in [-0.05, 0) is 16.3 Å². The van der Waals surface area contributed by atoms with Gasteiger partial charge in [0.2, 0.25) is 0 Å². The zero-order valence-corrected chi connectivity index (χ0v) is 13.6. The molecule has 0 spiro atoms. The predicted octanol–water partition coefficient (Wildman–Crippen LogP) is 2.56. The summed E-state index contributed by atoms with van der Waals surface area (Å²) in [5, 5.41) is 14.0. The molecule has 3 N–H and O–H groups in total. The molecule has 2 rings (SSSR count). The van der Waals surface area contributed by atoms with Crippen LogP contribution in [0.4, 0.5) is 0 Å². The molecule has 2 aromatic rings. The number of hydrogen-bond acceptors (Lipinski definition) is 4. The first kappa shape index (κ1) is 17.4.